The Morgan fingerprint density at radius 2 is 1.93 bits per heavy atom. The lowest BCUT2D eigenvalue weighted by Gasteiger charge is -2.27. The second kappa shape index (κ2) is 4.51. The van der Waals surface area contributed by atoms with E-state index in [2.05, 4.69) is 10.2 Å². The Morgan fingerprint density at radius 1 is 1.20 bits per heavy atom. The standard InChI is InChI=1S/C11H16N2O2/c14-10-1-2-11(15)9(7-10)8-13-5-3-12-4-6-13/h1-2,7,12,14-15H,3-6,8H2. The Morgan fingerprint density at radius 3 is 2.67 bits per heavy atom. The highest BCUT2D eigenvalue weighted by Crippen LogP contribution is 2.23. The van der Waals surface area contributed by atoms with Gasteiger partial charge < -0.3 is 15.5 Å². The van der Waals surface area contributed by atoms with Crippen LogP contribution in [0.1, 0.15) is 5.56 Å². The molecule has 0 aliphatic carbocycles. The van der Waals surface area contributed by atoms with Gasteiger partial charge in [-0.2, -0.15) is 0 Å². The van der Waals surface area contributed by atoms with Crippen molar-refractivity contribution in [2.75, 3.05) is 26.2 Å². The second-order valence-electron chi connectivity index (χ2n) is 3.84. The third-order valence-electron chi connectivity index (χ3n) is 2.67. The van der Waals surface area contributed by atoms with Crippen LogP contribution in [0.5, 0.6) is 11.5 Å². The Labute approximate surface area is 89.1 Å². The molecule has 1 saturated heterocycles. The van der Waals surface area contributed by atoms with Crippen LogP contribution in [0.3, 0.4) is 0 Å². The molecule has 0 spiro atoms. The van der Waals surface area contributed by atoms with Crippen molar-refractivity contribution in [3.8, 4) is 11.5 Å². The highest BCUT2D eigenvalue weighted by atomic mass is 16.3. The quantitative estimate of drug-likeness (QED) is 0.620. The van der Waals surface area contributed by atoms with Crippen LogP contribution in [0.15, 0.2) is 18.2 Å². The molecule has 0 bridgehead atoms. The molecule has 4 heteroatoms. The summed E-state index contributed by atoms with van der Waals surface area (Å²) >= 11 is 0. The molecule has 15 heavy (non-hydrogen) atoms. The number of hydrogen-bond acceptors (Lipinski definition) is 4. The van der Waals surface area contributed by atoms with Gasteiger partial charge in [-0.05, 0) is 18.2 Å². The molecule has 1 fully saturated rings. The molecule has 2 rings (SSSR count). The van der Waals surface area contributed by atoms with Crippen molar-refractivity contribution in [2.24, 2.45) is 0 Å². The van der Waals surface area contributed by atoms with E-state index in [1.165, 1.54) is 12.1 Å². The van der Waals surface area contributed by atoms with Gasteiger partial charge in [0, 0.05) is 38.3 Å². The number of rotatable bonds is 2. The van der Waals surface area contributed by atoms with Gasteiger partial charge in [0.25, 0.3) is 0 Å². The average Bonchev–Trinajstić information content (AvgIpc) is 2.25. The molecule has 0 atom stereocenters. The maximum atomic E-state index is 9.61. The van der Waals surface area contributed by atoms with Crippen molar-refractivity contribution in [1.29, 1.82) is 0 Å². The second-order valence-corrected chi connectivity index (χ2v) is 3.84. The topological polar surface area (TPSA) is 55.7 Å². The fraction of sp³-hybridized carbons (Fsp3) is 0.455. The maximum Gasteiger partial charge on any atom is 0.120 e. The SMILES string of the molecule is Oc1ccc(O)c(CN2CCNCC2)c1. The summed E-state index contributed by atoms with van der Waals surface area (Å²) in [5.41, 5.74) is 0.789. The zero-order valence-electron chi connectivity index (χ0n) is 8.61. The molecule has 1 aromatic rings. The first-order valence-electron chi connectivity index (χ1n) is 5.19. The van der Waals surface area contributed by atoms with Crippen molar-refractivity contribution in [3.05, 3.63) is 23.8 Å². The summed E-state index contributed by atoms with van der Waals surface area (Å²) in [6, 6.07) is 4.65. The fourth-order valence-corrected chi connectivity index (χ4v) is 1.81. The molecule has 0 aromatic heterocycles. The first-order valence-corrected chi connectivity index (χ1v) is 5.19. The lowest BCUT2D eigenvalue weighted by molar-refractivity contribution is 0.230. The van der Waals surface area contributed by atoms with E-state index in [0.717, 1.165) is 31.7 Å². The third-order valence-corrected chi connectivity index (χ3v) is 2.67. The summed E-state index contributed by atoms with van der Waals surface area (Å²) in [5.74, 6) is 0.462. The first-order chi connectivity index (χ1) is 7.25. The Hall–Kier alpha value is -1.26. The first kappa shape index (κ1) is 10.3. The van der Waals surface area contributed by atoms with E-state index in [-0.39, 0.29) is 11.5 Å². The predicted molar refractivity (Wildman–Crippen MR) is 57.9 cm³/mol. The molecule has 82 valence electrons. The fourth-order valence-electron chi connectivity index (χ4n) is 1.81. The largest absolute Gasteiger partial charge is 0.508 e. The summed E-state index contributed by atoms with van der Waals surface area (Å²) in [4.78, 5) is 2.25. The number of phenols is 2. The summed E-state index contributed by atoms with van der Waals surface area (Å²) in [5, 5.41) is 22.2. The normalized spacial score (nSPS) is 17.9. The van der Waals surface area contributed by atoms with Gasteiger partial charge in [0.05, 0.1) is 0 Å². The Bertz CT molecular complexity index is 335. The molecule has 0 radical (unpaired) electrons. The predicted octanol–water partition coefficient (Wildman–Crippen LogP) is 0.503. The molecule has 1 heterocycles. The lowest BCUT2D eigenvalue weighted by Crippen LogP contribution is -2.42. The zero-order chi connectivity index (χ0) is 10.7. The van der Waals surface area contributed by atoms with E-state index in [9.17, 15) is 10.2 Å². The van der Waals surface area contributed by atoms with Crippen LogP contribution in [0.2, 0.25) is 0 Å². The van der Waals surface area contributed by atoms with E-state index < -0.39 is 0 Å². The highest BCUT2D eigenvalue weighted by Gasteiger charge is 2.12. The van der Waals surface area contributed by atoms with Gasteiger partial charge in [0.1, 0.15) is 11.5 Å². The average molecular weight is 208 g/mol. The van der Waals surface area contributed by atoms with E-state index in [4.69, 9.17) is 0 Å². The van der Waals surface area contributed by atoms with Gasteiger partial charge in [0.15, 0.2) is 0 Å². The molecule has 0 unspecified atom stereocenters. The summed E-state index contributed by atoms with van der Waals surface area (Å²) in [6.45, 7) is 4.63. The molecule has 0 saturated carbocycles. The molecule has 4 nitrogen and oxygen atoms in total. The van der Waals surface area contributed by atoms with Gasteiger partial charge in [-0.3, -0.25) is 4.90 Å². The minimum atomic E-state index is 0.206. The van der Waals surface area contributed by atoms with Crippen LogP contribution >= 0.6 is 0 Å². The van der Waals surface area contributed by atoms with E-state index >= 15 is 0 Å². The smallest absolute Gasteiger partial charge is 0.120 e. The summed E-state index contributed by atoms with van der Waals surface area (Å²) in [7, 11) is 0. The van der Waals surface area contributed by atoms with Crippen LogP contribution in [0, 0.1) is 0 Å². The van der Waals surface area contributed by atoms with Gasteiger partial charge in [-0.25, -0.2) is 0 Å². The number of phenolic OH excluding ortho intramolecular Hbond substituents is 2. The minimum absolute atomic E-state index is 0.206. The summed E-state index contributed by atoms with van der Waals surface area (Å²) in [6.07, 6.45) is 0. The number of hydrogen-bond donors (Lipinski definition) is 3. The monoisotopic (exact) mass is 208 g/mol. The lowest BCUT2D eigenvalue weighted by atomic mass is 10.1. The van der Waals surface area contributed by atoms with Crippen molar-refractivity contribution >= 4 is 0 Å². The molecule has 3 N–H and O–H groups in total. The zero-order valence-corrected chi connectivity index (χ0v) is 8.61. The van der Waals surface area contributed by atoms with Gasteiger partial charge in [0.2, 0.25) is 0 Å². The minimum Gasteiger partial charge on any atom is -0.508 e. The highest BCUT2D eigenvalue weighted by molar-refractivity contribution is 5.38. The van der Waals surface area contributed by atoms with Gasteiger partial charge in [-0.15, -0.1) is 0 Å². The van der Waals surface area contributed by atoms with Crippen molar-refractivity contribution < 1.29 is 10.2 Å². The van der Waals surface area contributed by atoms with Crippen LogP contribution in [-0.2, 0) is 6.54 Å². The van der Waals surface area contributed by atoms with E-state index in [1.54, 1.807) is 6.07 Å². The van der Waals surface area contributed by atoms with Crippen LogP contribution in [0.25, 0.3) is 0 Å². The van der Waals surface area contributed by atoms with Crippen molar-refractivity contribution in [2.45, 2.75) is 6.54 Å². The molecular formula is C11H16N2O2. The van der Waals surface area contributed by atoms with E-state index in [0.29, 0.717) is 6.54 Å². The Balaban J connectivity index is 2.05. The molecule has 0 amide bonds. The van der Waals surface area contributed by atoms with Gasteiger partial charge >= 0.3 is 0 Å². The van der Waals surface area contributed by atoms with Crippen LogP contribution in [-0.4, -0.2) is 41.3 Å². The molecule has 1 aromatic carbocycles. The van der Waals surface area contributed by atoms with E-state index in [1.807, 2.05) is 0 Å². The summed E-state index contributed by atoms with van der Waals surface area (Å²) < 4.78 is 0. The maximum absolute atomic E-state index is 9.61. The Kier molecular flexibility index (Phi) is 3.08. The van der Waals surface area contributed by atoms with Crippen molar-refractivity contribution in [3.63, 3.8) is 0 Å². The molecular weight excluding hydrogens is 192 g/mol. The number of aromatic hydroxyl groups is 2. The third kappa shape index (κ3) is 2.61. The van der Waals surface area contributed by atoms with Crippen LogP contribution in [0.4, 0.5) is 0 Å². The molecule has 1 aliphatic heterocycles. The number of piperazine rings is 1. The number of nitrogens with zero attached hydrogens (tertiary/aromatic N) is 1. The van der Waals surface area contributed by atoms with Crippen LogP contribution < -0.4 is 5.32 Å². The number of nitrogens with one attached hydrogen (secondary N) is 1. The molecule has 1 aliphatic rings. The van der Waals surface area contributed by atoms with Crippen molar-refractivity contribution in [1.82, 2.24) is 10.2 Å². The van der Waals surface area contributed by atoms with Gasteiger partial charge in [-0.1, -0.05) is 0 Å². The number of benzene rings is 1.